The van der Waals surface area contributed by atoms with Gasteiger partial charge in [0.25, 0.3) is 0 Å². The molecule has 1 aromatic rings. The van der Waals surface area contributed by atoms with Crippen LogP contribution in [-0.2, 0) is 11.0 Å². The van der Waals surface area contributed by atoms with Crippen LogP contribution in [0.5, 0.6) is 0 Å². The summed E-state index contributed by atoms with van der Waals surface area (Å²) in [5, 5.41) is 2.81. The first-order chi connectivity index (χ1) is 9.88. The molecule has 0 atom stereocenters. The molecule has 21 heavy (non-hydrogen) atoms. The van der Waals surface area contributed by atoms with Gasteiger partial charge in [-0.15, -0.1) is 0 Å². The molecule has 1 heterocycles. The minimum Gasteiger partial charge on any atom is -0.397 e. The van der Waals surface area contributed by atoms with Crippen molar-refractivity contribution in [3.63, 3.8) is 0 Å². The highest BCUT2D eigenvalue weighted by Gasteiger charge is 2.30. The standard InChI is InChI=1S/C14H18F3N3O/c15-14(16,17)10-4-5-12(11(18)8-10)19-9-13(21)20-6-2-1-3-7-20/h4-5,8,19H,1-3,6-7,9,18H2. The summed E-state index contributed by atoms with van der Waals surface area (Å²) in [6.07, 6.45) is -1.30. The van der Waals surface area contributed by atoms with E-state index in [4.69, 9.17) is 5.73 Å². The molecule has 0 unspecified atom stereocenters. The summed E-state index contributed by atoms with van der Waals surface area (Å²) in [6.45, 7) is 1.52. The number of hydrogen-bond acceptors (Lipinski definition) is 3. The number of alkyl halides is 3. The summed E-state index contributed by atoms with van der Waals surface area (Å²) >= 11 is 0. The van der Waals surface area contributed by atoms with Crippen LogP contribution in [0.3, 0.4) is 0 Å². The monoisotopic (exact) mass is 301 g/mol. The number of carbonyl (C=O) groups is 1. The predicted octanol–water partition coefficient (Wildman–Crippen LogP) is 2.71. The van der Waals surface area contributed by atoms with Crippen LogP contribution >= 0.6 is 0 Å². The number of piperidine rings is 1. The molecule has 0 aromatic heterocycles. The van der Waals surface area contributed by atoms with Crippen LogP contribution in [0.1, 0.15) is 24.8 Å². The maximum Gasteiger partial charge on any atom is 0.416 e. The van der Waals surface area contributed by atoms with Gasteiger partial charge in [0.15, 0.2) is 0 Å². The van der Waals surface area contributed by atoms with Crippen LogP contribution in [0.15, 0.2) is 18.2 Å². The van der Waals surface area contributed by atoms with Gasteiger partial charge in [0.1, 0.15) is 0 Å². The Bertz CT molecular complexity index is 511. The van der Waals surface area contributed by atoms with E-state index in [0.717, 1.165) is 44.5 Å². The van der Waals surface area contributed by atoms with Gasteiger partial charge in [-0.25, -0.2) is 0 Å². The summed E-state index contributed by atoms with van der Waals surface area (Å²) in [7, 11) is 0. The van der Waals surface area contributed by atoms with Gasteiger partial charge in [-0.3, -0.25) is 4.79 Å². The number of hydrogen-bond donors (Lipinski definition) is 2. The van der Waals surface area contributed by atoms with E-state index < -0.39 is 11.7 Å². The molecule has 1 amide bonds. The van der Waals surface area contributed by atoms with Gasteiger partial charge < -0.3 is 16.0 Å². The maximum atomic E-state index is 12.5. The summed E-state index contributed by atoms with van der Waals surface area (Å²) < 4.78 is 37.6. The highest BCUT2D eigenvalue weighted by molar-refractivity contribution is 5.82. The van der Waals surface area contributed by atoms with Crippen LogP contribution < -0.4 is 11.1 Å². The van der Waals surface area contributed by atoms with Crippen LogP contribution in [-0.4, -0.2) is 30.4 Å². The Kier molecular flexibility index (Phi) is 4.59. The first-order valence-corrected chi connectivity index (χ1v) is 6.86. The zero-order chi connectivity index (χ0) is 15.5. The van der Waals surface area contributed by atoms with Gasteiger partial charge in [0.2, 0.25) is 5.91 Å². The number of nitrogens with zero attached hydrogens (tertiary/aromatic N) is 1. The van der Waals surface area contributed by atoms with Gasteiger partial charge in [-0.2, -0.15) is 13.2 Å². The van der Waals surface area contributed by atoms with Crippen molar-refractivity contribution in [3.05, 3.63) is 23.8 Å². The number of benzene rings is 1. The molecular formula is C14H18F3N3O. The van der Waals surface area contributed by atoms with E-state index in [1.54, 1.807) is 4.90 Å². The molecule has 0 aliphatic carbocycles. The van der Waals surface area contributed by atoms with Gasteiger partial charge in [-0.05, 0) is 37.5 Å². The van der Waals surface area contributed by atoms with E-state index in [1.165, 1.54) is 6.07 Å². The van der Waals surface area contributed by atoms with Crippen molar-refractivity contribution in [3.8, 4) is 0 Å². The molecule has 1 aliphatic heterocycles. The van der Waals surface area contributed by atoms with Crippen LogP contribution in [0.25, 0.3) is 0 Å². The third-order valence-electron chi connectivity index (χ3n) is 3.52. The topological polar surface area (TPSA) is 58.4 Å². The van der Waals surface area contributed by atoms with Crippen molar-refractivity contribution < 1.29 is 18.0 Å². The Hall–Kier alpha value is -1.92. The lowest BCUT2D eigenvalue weighted by Crippen LogP contribution is -2.39. The molecule has 3 N–H and O–H groups in total. The quantitative estimate of drug-likeness (QED) is 0.844. The number of nitrogens with one attached hydrogen (secondary N) is 1. The van der Waals surface area contributed by atoms with Gasteiger partial charge >= 0.3 is 6.18 Å². The fraction of sp³-hybridized carbons (Fsp3) is 0.500. The molecular weight excluding hydrogens is 283 g/mol. The first-order valence-electron chi connectivity index (χ1n) is 6.86. The molecule has 2 rings (SSSR count). The summed E-state index contributed by atoms with van der Waals surface area (Å²) in [4.78, 5) is 13.7. The smallest absolute Gasteiger partial charge is 0.397 e. The second kappa shape index (κ2) is 6.24. The number of nitrogens with two attached hydrogens (primary N) is 1. The summed E-state index contributed by atoms with van der Waals surface area (Å²) in [5.74, 6) is -0.0611. The van der Waals surface area contributed by atoms with Gasteiger partial charge in [0.05, 0.1) is 23.5 Å². The minimum atomic E-state index is -4.42. The molecule has 0 spiro atoms. The molecule has 1 fully saturated rings. The molecule has 0 radical (unpaired) electrons. The average molecular weight is 301 g/mol. The number of halogens is 3. The number of amides is 1. The van der Waals surface area contributed by atoms with Crippen molar-refractivity contribution in [2.45, 2.75) is 25.4 Å². The van der Waals surface area contributed by atoms with Gasteiger partial charge in [0, 0.05) is 13.1 Å². The lowest BCUT2D eigenvalue weighted by Gasteiger charge is -2.27. The highest BCUT2D eigenvalue weighted by atomic mass is 19.4. The lowest BCUT2D eigenvalue weighted by atomic mass is 10.1. The van der Waals surface area contributed by atoms with Crippen molar-refractivity contribution in [1.82, 2.24) is 4.90 Å². The Morgan fingerprint density at radius 1 is 1.24 bits per heavy atom. The predicted molar refractivity (Wildman–Crippen MR) is 74.8 cm³/mol. The van der Waals surface area contributed by atoms with Crippen molar-refractivity contribution in [1.29, 1.82) is 0 Å². The maximum absolute atomic E-state index is 12.5. The molecule has 7 heteroatoms. The zero-order valence-corrected chi connectivity index (χ0v) is 11.5. The molecule has 0 saturated carbocycles. The van der Waals surface area contributed by atoms with E-state index in [-0.39, 0.29) is 18.1 Å². The highest BCUT2D eigenvalue weighted by Crippen LogP contribution is 2.32. The molecule has 4 nitrogen and oxygen atoms in total. The van der Waals surface area contributed by atoms with Gasteiger partial charge in [-0.1, -0.05) is 0 Å². The number of likely N-dealkylation sites (tertiary alicyclic amines) is 1. The van der Waals surface area contributed by atoms with Crippen LogP contribution in [0.2, 0.25) is 0 Å². The molecule has 1 aliphatic rings. The molecule has 1 aromatic carbocycles. The van der Waals surface area contributed by atoms with Crippen molar-refractivity contribution >= 4 is 17.3 Å². The molecule has 116 valence electrons. The first kappa shape index (κ1) is 15.5. The molecule has 0 bridgehead atoms. The van der Waals surface area contributed by atoms with E-state index in [0.29, 0.717) is 5.69 Å². The van der Waals surface area contributed by atoms with Crippen molar-refractivity contribution in [2.75, 3.05) is 30.7 Å². The zero-order valence-electron chi connectivity index (χ0n) is 11.5. The normalized spacial score (nSPS) is 15.9. The third kappa shape index (κ3) is 4.03. The van der Waals surface area contributed by atoms with E-state index in [9.17, 15) is 18.0 Å². The van der Waals surface area contributed by atoms with Crippen LogP contribution in [0.4, 0.5) is 24.5 Å². The Morgan fingerprint density at radius 2 is 1.90 bits per heavy atom. The Labute approximate surface area is 121 Å². The third-order valence-corrected chi connectivity index (χ3v) is 3.52. The Balaban J connectivity index is 1.95. The Morgan fingerprint density at radius 3 is 2.48 bits per heavy atom. The number of nitrogen functional groups attached to an aromatic ring is 1. The minimum absolute atomic E-state index is 0.0173. The van der Waals surface area contributed by atoms with Crippen LogP contribution in [0, 0.1) is 0 Å². The molecule has 1 saturated heterocycles. The lowest BCUT2D eigenvalue weighted by molar-refractivity contribution is -0.137. The fourth-order valence-corrected chi connectivity index (χ4v) is 2.33. The second-order valence-corrected chi connectivity index (χ2v) is 5.09. The number of anilines is 2. The second-order valence-electron chi connectivity index (χ2n) is 5.09. The number of rotatable bonds is 3. The largest absolute Gasteiger partial charge is 0.416 e. The SMILES string of the molecule is Nc1cc(C(F)(F)F)ccc1NCC(=O)N1CCCCC1. The number of carbonyl (C=O) groups excluding carboxylic acids is 1. The summed E-state index contributed by atoms with van der Waals surface area (Å²) in [5.41, 5.74) is 5.12. The summed E-state index contributed by atoms with van der Waals surface area (Å²) in [6, 6.07) is 3.07. The fourth-order valence-electron chi connectivity index (χ4n) is 2.33. The van der Waals surface area contributed by atoms with E-state index in [2.05, 4.69) is 5.32 Å². The van der Waals surface area contributed by atoms with Crippen molar-refractivity contribution in [2.24, 2.45) is 0 Å². The average Bonchev–Trinajstić information content (AvgIpc) is 2.45. The van der Waals surface area contributed by atoms with E-state index >= 15 is 0 Å². The van der Waals surface area contributed by atoms with E-state index in [1.807, 2.05) is 0 Å².